The summed E-state index contributed by atoms with van der Waals surface area (Å²) in [6.45, 7) is 9.97. The second kappa shape index (κ2) is 18.4. The van der Waals surface area contributed by atoms with Crippen LogP contribution in [0.3, 0.4) is 0 Å². The zero-order chi connectivity index (χ0) is 30.1. The van der Waals surface area contributed by atoms with E-state index >= 15 is 0 Å². The number of hydrogen-bond acceptors (Lipinski definition) is 11. The smallest absolute Gasteiger partial charge is 0.169 e. The average molecular weight is 607 g/mol. The molecular formula is C32H46O11. The normalized spacial score (nSPS) is 26.7. The maximum Gasteiger partial charge on any atom is 0.169 e. The summed E-state index contributed by atoms with van der Waals surface area (Å²) in [6.07, 6.45) is 0. The molecule has 0 radical (unpaired) electrons. The largest absolute Gasteiger partial charge is 0.487 e. The molecule has 4 rings (SSSR count). The first-order valence-electron chi connectivity index (χ1n) is 14.9. The molecule has 1 saturated heterocycles. The molecule has 11 heteroatoms. The van der Waals surface area contributed by atoms with E-state index in [4.69, 9.17) is 52.1 Å². The third-order valence-electron chi connectivity index (χ3n) is 6.64. The van der Waals surface area contributed by atoms with Crippen molar-refractivity contribution in [2.75, 3.05) is 106 Å². The molecule has 2 atom stereocenters. The molecule has 43 heavy (non-hydrogen) atoms. The first-order valence-corrected chi connectivity index (χ1v) is 14.9. The lowest BCUT2D eigenvalue weighted by atomic mass is 10.1. The third kappa shape index (κ3) is 12.2. The van der Waals surface area contributed by atoms with E-state index in [1.165, 1.54) is 0 Å². The molecule has 0 aromatic heterocycles. The Hall–Kier alpha value is -2.48. The van der Waals surface area contributed by atoms with Gasteiger partial charge < -0.3 is 52.1 Å². The molecular weight excluding hydrogens is 560 g/mol. The fourth-order valence-corrected chi connectivity index (χ4v) is 4.29. The molecule has 0 N–H and O–H groups in total. The van der Waals surface area contributed by atoms with Gasteiger partial charge in [-0.3, -0.25) is 0 Å². The number of hydrogen-bond donors (Lipinski definition) is 0. The number of ether oxygens (including phenoxy) is 11. The minimum atomic E-state index is -0.756. The van der Waals surface area contributed by atoms with Crippen molar-refractivity contribution < 1.29 is 52.1 Å². The van der Waals surface area contributed by atoms with Crippen LogP contribution in [0.2, 0.25) is 0 Å². The lowest BCUT2D eigenvalue weighted by molar-refractivity contribution is -0.130. The van der Waals surface area contributed by atoms with E-state index in [1.807, 2.05) is 62.4 Å². The predicted octanol–water partition coefficient (Wildman–Crippen LogP) is 3.91. The fourth-order valence-electron chi connectivity index (χ4n) is 4.29. The van der Waals surface area contributed by atoms with E-state index in [2.05, 4.69) is 0 Å². The number of rotatable bonds is 0. The van der Waals surface area contributed by atoms with Gasteiger partial charge in [-0.1, -0.05) is 24.3 Å². The Kier molecular flexibility index (Phi) is 14.3. The molecule has 1 fully saturated rings. The topological polar surface area (TPSA) is 102 Å². The first-order chi connectivity index (χ1) is 21.1. The third-order valence-corrected chi connectivity index (χ3v) is 6.64. The van der Waals surface area contributed by atoms with Crippen LogP contribution in [-0.2, 0) is 37.9 Å². The van der Waals surface area contributed by atoms with Gasteiger partial charge in [-0.2, -0.15) is 0 Å². The molecule has 0 saturated carbocycles. The van der Waals surface area contributed by atoms with Gasteiger partial charge in [0.2, 0.25) is 0 Å². The Bertz CT molecular complexity index is 974. The van der Waals surface area contributed by atoms with Gasteiger partial charge in [0.1, 0.15) is 24.4 Å². The highest BCUT2D eigenvalue weighted by atomic mass is 16.6. The highest BCUT2D eigenvalue weighted by Gasteiger charge is 2.29. The Morgan fingerprint density at radius 3 is 1.12 bits per heavy atom. The average Bonchev–Trinajstić information content (AvgIpc) is 3.01. The van der Waals surface area contributed by atoms with Crippen molar-refractivity contribution in [3.63, 3.8) is 0 Å². The molecule has 0 amide bonds. The zero-order valence-electron chi connectivity index (χ0n) is 25.4. The molecule has 240 valence electrons. The Morgan fingerprint density at radius 2 is 0.721 bits per heavy atom. The predicted molar refractivity (Wildman–Crippen MR) is 158 cm³/mol. The van der Waals surface area contributed by atoms with Crippen molar-refractivity contribution in [2.45, 2.75) is 25.0 Å². The van der Waals surface area contributed by atoms with Crippen LogP contribution in [0, 0.1) is 0 Å². The number of para-hydroxylation sites is 4. The summed E-state index contributed by atoms with van der Waals surface area (Å²) in [5, 5.41) is 0. The van der Waals surface area contributed by atoms with E-state index in [-0.39, 0.29) is 13.2 Å². The molecule has 2 heterocycles. The molecule has 0 spiro atoms. The van der Waals surface area contributed by atoms with Crippen LogP contribution in [-0.4, -0.2) is 117 Å². The maximum atomic E-state index is 6.34. The van der Waals surface area contributed by atoms with Crippen molar-refractivity contribution in [1.82, 2.24) is 0 Å². The van der Waals surface area contributed by atoms with Crippen LogP contribution in [0.25, 0.3) is 0 Å². The molecule has 2 aliphatic heterocycles. The van der Waals surface area contributed by atoms with Crippen molar-refractivity contribution in [3.05, 3.63) is 48.5 Å². The molecule has 2 aromatic carbocycles. The Balaban J connectivity index is 1.58. The minimum Gasteiger partial charge on any atom is -0.487 e. The minimum absolute atomic E-state index is 0.221. The van der Waals surface area contributed by atoms with Gasteiger partial charge in [0.25, 0.3) is 0 Å². The first kappa shape index (κ1) is 33.4. The van der Waals surface area contributed by atoms with Crippen LogP contribution in [0.15, 0.2) is 48.5 Å². The summed E-state index contributed by atoms with van der Waals surface area (Å²) in [6, 6.07) is 15.0. The molecule has 2 aromatic rings. The highest BCUT2D eigenvalue weighted by Crippen LogP contribution is 2.37. The monoisotopic (exact) mass is 606 g/mol. The fraction of sp³-hybridized carbons (Fsp3) is 0.625. The highest BCUT2D eigenvalue weighted by molar-refractivity contribution is 5.47. The second-order valence-electron chi connectivity index (χ2n) is 10.7. The Labute approximate surface area is 254 Å². The van der Waals surface area contributed by atoms with Crippen LogP contribution in [0.4, 0.5) is 0 Å². The van der Waals surface area contributed by atoms with Crippen molar-refractivity contribution in [3.8, 4) is 23.0 Å². The van der Waals surface area contributed by atoms with Gasteiger partial charge >= 0.3 is 0 Å². The molecule has 2 unspecified atom stereocenters. The summed E-state index contributed by atoms with van der Waals surface area (Å²) in [5.41, 5.74) is -1.51. The van der Waals surface area contributed by atoms with Gasteiger partial charge in [0.15, 0.2) is 23.0 Å². The van der Waals surface area contributed by atoms with Crippen molar-refractivity contribution in [2.24, 2.45) is 0 Å². The summed E-state index contributed by atoms with van der Waals surface area (Å²) in [7, 11) is 0. The van der Waals surface area contributed by atoms with E-state index in [0.29, 0.717) is 115 Å². The van der Waals surface area contributed by atoms with E-state index < -0.39 is 11.2 Å². The van der Waals surface area contributed by atoms with Crippen molar-refractivity contribution in [1.29, 1.82) is 0 Å². The van der Waals surface area contributed by atoms with Gasteiger partial charge in [0.05, 0.1) is 92.5 Å². The quantitative estimate of drug-likeness (QED) is 0.408. The van der Waals surface area contributed by atoms with Gasteiger partial charge in [-0.25, -0.2) is 0 Å². The maximum absolute atomic E-state index is 6.34. The molecule has 11 nitrogen and oxygen atoms in total. The lowest BCUT2D eigenvalue weighted by Gasteiger charge is -2.31. The summed E-state index contributed by atoms with van der Waals surface area (Å²) < 4.78 is 66.0. The van der Waals surface area contributed by atoms with Gasteiger partial charge in [0, 0.05) is 0 Å². The van der Waals surface area contributed by atoms with E-state index in [1.54, 1.807) is 0 Å². The van der Waals surface area contributed by atoms with Crippen LogP contribution in [0.5, 0.6) is 23.0 Å². The van der Waals surface area contributed by atoms with Gasteiger partial charge in [-0.05, 0) is 38.1 Å². The van der Waals surface area contributed by atoms with Gasteiger partial charge in [-0.15, -0.1) is 0 Å². The lowest BCUT2D eigenvalue weighted by Crippen LogP contribution is -2.42. The summed E-state index contributed by atoms with van der Waals surface area (Å²) >= 11 is 0. The summed E-state index contributed by atoms with van der Waals surface area (Å²) in [4.78, 5) is 0. The standard InChI is InChI=1S/C32H46O11/c1-31-23-37-17-15-34-16-18-38-24-32(2,42-22-20-36-14-12-33-11-13-35-19-21-41-31)26-40-28-8-4-6-10-30(28)43-29-9-5-3-7-27(29)39-25-31/h3-10H,11-26H2,1-2H3. The molecule has 2 aliphatic rings. The molecule has 2 bridgehead atoms. The molecule has 0 aliphatic carbocycles. The van der Waals surface area contributed by atoms with Crippen LogP contribution < -0.4 is 14.2 Å². The van der Waals surface area contributed by atoms with Crippen molar-refractivity contribution >= 4 is 0 Å². The zero-order valence-corrected chi connectivity index (χ0v) is 25.4. The number of benzene rings is 2. The van der Waals surface area contributed by atoms with Crippen LogP contribution in [0.1, 0.15) is 13.8 Å². The Morgan fingerprint density at radius 1 is 0.395 bits per heavy atom. The number of fused-ring (bicyclic) bond motifs is 12. The van der Waals surface area contributed by atoms with E-state index in [9.17, 15) is 0 Å². The van der Waals surface area contributed by atoms with Crippen LogP contribution >= 0.6 is 0 Å². The SMILES string of the molecule is CC12COCCOCCOCC(C)(COc3ccccc3Oc3ccccc3OC1)OCCOCCOCCOCCO2. The summed E-state index contributed by atoms with van der Waals surface area (Å²) in [5.74, 6) is 2.22. The van der Waals surface area contributed by atoms with E-state index in [0.717, 1.165) is 0 Å². The second-order valence-corrected chi connectivity index (χ2v) is 10.7.